The van der Waals surface area contributed by atoms with Crippen molar-refractivity contribution in [2.45, 2.75) is 32.7 Å². The number of fused-ring (bicyclic) bond motifs is 1. The molecule has 0 radical (unpaired) electrons. The topological polar surface area (TPSA) is 125 Å². The van der Waals surface area contributed by atoms with E-state index in [1.54, 1.807) is 19.2 Å². The molecule has 0 aliphatic rings. The molecule has 1 aromatic carbocycles. The summed E-state index contributed by atoms with van der Waals surface area (Å²) in [6, 6.07) is 7.33. The van der Waals surface area contributed by atoms with Crippen LogP contribution < -0.4 is 16.2 Å². The van der Waals surface area contributed by atoms with Gasteiger partial charge in [0.25, 0.3) is 0 Å². The van der Waals surface area contributed by atoms with Gasteiger partial charge in [-0.1, -0.05) is 31.2 Å². The molecule has 0 unspecified atom stereocenters. The highest BCUT2D eigenvalue weighted by molar-refractivity contribution is 5.96. The minimum atomic E-state index is -0.339. The zero-order valence-electron chi connectivity index (χ0n) is 16.6. The Morgan fingerprint density at radius 1 is 1.21 bits per heavy atom. The van der Waals surface area contributed by atoms with Crippen molar-refractivity contribution in [2.24, 2.45) is 0 Å². The molecule has 0 saturated carbocycles. The van der Waals surface area contributed by atoms with Crippen LogP contribution in [0.4, 0.5) is 5.82 Å². The van der Waals surface area contributed by atoms with Gasteiger partial charge in [0.05, 0.1) is 13.2 Å². The number of Topliss-reactive ketones (excluding diaryl/α,β-unsaturated/α-hetero) is 1. The lowest BCUT2D eigenvalue weighted by molar-refractivity contribution is 0.0963. The lowest BCUT2D eigenvalue weighted by Crippen LogP contribution is -2.18. The van der Waals surface area contributed by atoms with Crippen LogP contribution in [0.25, 0.3) is 11.2 Å². The maximum absolute atomic E-state index is 12.4. The summed E-state index contributed by atoms with van der Waals surface area (Å²) in [5.41, 5.74) is 7.86. The van der Waals surface area contributed by atoms with E-state index in [1.165, 1.54) is 4.57 Å². The van der Waals surface area contributed by atoms with E-state index in [4.69, 9.17) is 15.2 Å². The third-order valence-electron chi connectivity index (χ3n) is 4.43. The minimum Gasteiger partial charge on any atom is -0.463 e. The largest absolute Gasteiger partial charge is 0.463 e. The number of H-pyrrole nitrogens is 1. The van der Waals surface area contributed by atoms with Gasteiger partial charge in [-0.2, -0.15) is 9.97 Å². The SMILES string of the molecule is CCCOc1nc(N)c2[nH]c(=O)n(Cc3ccc(C(=O)CCCOC)cc3)c2n1. The summed E-state index contributed by atoms with van der Waals surface area (Å²) in [4.78, 5) is 35.7. The summed E-state index contributed by atoms with van der Waals surface area (Å²) < 4.78 is 11.9. The Balaban J connectivity index is 1.82. The molecule has 0 spiro atoms. The number of nitrogens with one attached hydrogen (secondary N) is 1. The average Bonchev–Trinajstić information content (AvgIpc) is 3.03. The van der Waals surface area contributed by atoms with Crippen molar-refractivity contribution in [3.63, 3.8) is 0 Å². The Labute approximate surface area is 167 Å². The highest BCUT2D eigenvalue weighted by Crippen LogP contribution is 2.19. The molecule has 0 aliphatic carbocycles. The molecule has 0 atom stereocenters. The van der Waals surface area contributed by atoms with Gasteiger partial charge in [-0.3, -0.25) is 9.36 Å². The summed E-state index contributed by atoms with van der Waals surface area (Å²) in [6.07, 6.45) is 1.93. The third kappa shape index (κ3) is 4.80. The molecule has 9 heteroatoms. The summed E-state index contributed by atoms with van der Waals surface area (Å²) in [6.45, 7) is 3.27. The van der Waals surface area contributed by atoms with Crippen LogP contribution in [0.1, 0.15) is 42.1 Å². The number of methoxy groups -OCH3 is 1. The van der Waals surface area contributed by atoms with Crippen molar-refractivity contribution in [1.29, 1.82) is 0 Å². The predicted octanol–water partition coefficient (Wildman–Crippen LogP) is 2.15. The number of nitrogen functional groups attached to an aromatic ring is 1. The second-order valence-corrected chi connectivity index (χ2v) is 6.67. The van der Waals surface area contributed by atoms with E-state index in [0.29, 0.717) is 42.8 Å². The van der Waals surface area contributed by atoms with Crippen molar-refractivity contribution >= 4 is 22.8 Å². The fraction of sp³-hybridized carbons (Fsp3) is 0.400. The number of nitrogens with zero attached hydrogens (tertiary/aromatic N) is 3. The normalized spacial score (nSPS) is 11.1. The average molecular weight is 399 g/mol. The zero-order valence-corrected chi connectivity index (χ0v) is 16.6. The molecule has 0 saturated heterocycles. The molecule has 2 aromatic heterocycles. The third-order valence-corrected chi connectivity index (χ3v) is 4.43. The number of rotatable bonds is 10. The van der Waals surface area contributed by atoms with Gasteiger partial charge in [0.15, 0.2) is 17.2 Å². The standard InChI is InChI=1S/C20H25N5O4/c1-3-10-29-19-23-17(21)16-18(24-19)25(20(27)22-16)12-13-6-8-14(9-7-13)15(26)5-4-11-28-2/h6-9H,3-5,10-12H2,1-2H3,(H,22,27)(H2,21,23,24). The molecule has 3 rings (SSSR count). The van der Waals surface area contributed by atoms with Gasteiger partial charge >= 0.3 is 11.7 Å². The molecule has 29 heavy (non-hydrogen) atoms. The Bertz CT molecular complexity index is 1040. The number of carbonyl (C=O) groups is 1. The summed E-state index contributed by atoms with van der Waals surface area (Å²) >= 11 is 0. The fourth-order valence-corrected chi connectivity index (χ4v) is 2.94. The van der Waals surface area contributed by atoms with E-state index in [9.17, 15) is 9.59 Å². The molecule has 3 N–H and O–H groups in total. The van der Waals surface area contributed by atoms with E-state index >= 15 is 0 Å². The first-order valence-corrected chi connectivity index (χ1v) is 9.53. The van der Waals surface area contributed by atoms with Crippen molar-refractivity contribution in [3.05, 3.63) is 45.9 Å². The van der Waals surface area contributed by atoms with Crippen molar-refractivity contribution in [2.75, 3.05) is 26.1 Å². The minimum absolute atomic E-state index is 0.0658. The lowest BCUT2D eigenvalue weighted by Gasteiger charge is -2.07. The van der Waals surface area contributed by atoms with Gasteiger partial charge in [-0.25, -0.2) is 4.79 Å². The smallest absolute Gasteiger partial charge is 0.328 e. The van der Waals surface area contributed by atoms with Crippen LogP contribution in [-0.4, -0.2) is 45.6 Å². The monoisotopic (exact) mass is 399 g/mol. The fourth-order valence-electron chi connectivity index (χ4n) is 2.94. The maximum atomic E-state index is 12.4. The summed E-state index contributed by atoms with van der Waals surface area (Å²) in [5.74, 6) is 0.227. The molecule has 154 valence electrons. The lowest BCUT2D eigenvalue weighted by atomic mass is 10.0. The molecule has 0 bridgehead atoms. The van der Waals surface area contributed by atoms with E-state index in [1.807, 2.05) is 19.1 Å². The van der Waals surface area contributed by atoms with Gasteiger partial charge in [0, 0.05) is 25.7 Å². The second kappa shape index (κ2) is 9.33. The summed E-state index contributed by atoms with van der Waals surface area (Å²) in [5, 5.41) is 0. The van der Waals surface area contributed by atoms with Crippen LogP contribution in [0.3, 0.4) is 0 Å². The zero-order chi connectivity index (χ0) is 20.8. The molecular formula is C20H25N5O4. The molecule has 9 nitrogen and oxygen atoms in total. The first-order valence-electron chi connectivity index (χ1n) is 9.53. The Morgan fingerprint density at radius 2 is 1.97 bits per heavy atom. The van der Waals surface area contributed by atoms with Crippen LogP contribution in [0, 0.1) is 0 Å². The number of aromatic amines is 1. The van der Waals surface area contributed by atoms with Gasteiger partial charge < -0.3 is 20.2 Å². The number of ether oxygens (including phenoxy) is 2. The number of nitrogens with two attached hydrogens (primary N) is 1. The number of carbonyl (C=O) groups excluding carboxylic acids is 1. The van der Waals surface area contributed by atoms with Gasteiger partial charge in [-0.05, 0) is 18.4 Å². The molecule has 0 aliphatic heterocycles. The quantitative estimate of drug-likeness (QED) is 0.395. The molecule has 0 fully saturated rings. The van der Waals surface area contributed by atoms with Crippen LogP contribution >= 0.6 is 0 Å². The first kappa shape index (κ1) is 20.5. The van der Waals surface area contributed by atoms with E-state index < -0.39 is 0 Å². The number of aromatic nitrogens is 4. The summed E-state index contributed by atoms with van der Waals surface area (Å²) in [7, 11) is 1.61. The van der Waals surface area contributed by atoms with E-state index in [-0.39, 0.29) is 29.8 Å². The number of benzene rings is 1. The maximum Gasteiger partial charge on any atom is 0.328 e. The van der Waals surface area contributed by atoms with Crippen molar-refractivity contribution < 1.29 is 14.3 Å². The molecular weight excluding hydrogens is 374 g/mol. The van der Waals surface area contributed by atoms with Gasteiger partial charge in [0.2, 0.25) is 0 Å². The Kier molecular flexibility index (Phi) is 6.61. The van der Waals surface area contributed by atoms with E-state index in [0.717, 1.165) is 12.0 Å². The van der Waals surface area contributed by atoms with Crippen molar-refractivity contribution in [1.82, 2.24) is 19.5 Å². The number of anilines is 1. The van der Waals surface area contributed by atoms with Crippen LogP contribution in [-0.2, 0) is 11.3 Å². The Morgan fingerprint density at radius 3 is 2.66 bits per heavy atom. The van der Waals surface area contributed by atoms with Gasteiger partial charge in [-0.15, -0.1) is 0 Å². The first-order chi connectivity index (χ1) is 14.0. The number of imidazole rings is 1. The highest BCUT2D eigenvalue weighted by atomic mass is 16.5. The predicted molar refractivity (Wildman–Crippen MR) is 109 cm³/mol. The molecule has 3 aromatic rings. The Hall–Kier alpha value is -3.20. The second-order valence-electron chi connectivity index (χ2n) is 6.67. The van der Waals surface area contributed by atoms with Crippen molar-refractivity contribution in [3.8, 4) is 6.01 Å². The molecule has 0 amide bonds. The number of ketones is 1. The van der Waals surface area contributed by atoms with Crippen LogP contribution in [0.15, 0.2) is 29.1 Å². The number of hydrogen-bond donors (Lipinski definition) is 2. The van der Waals surface area contributed by atoms with E-state index in [2.05, 4.69) is 15.0 Å². The highest BCUT2D eigenvalue weighted by Gasteiger charge is 2.15. The van der Waals surface area contributed by atoms with Gasteiger partial charge in [0.1, 0.15) is 5.52 Å². The van der Waals surface area contributed by atoms with Crippen LogP contribution in [0.5, 0.6) is 6.01 Å². The molecule has 2 heterocycles. The van der Waals surface area contributed by atoms with Crippen LogP contribution in [0.2, 0.25) is 0 Å². The number of hydrogen-bond acceptors (Lipinski definition) is 7.